The largest absolute Gasteiger partial charge is 2.00 e. The summed E-state index contributed by atoms with van der Waals surface area (Å²) < 4.78 is 13.1. The van der Waals surface area contributed by atoms with Crippen LogP contribution in [0.5, 0.6) is 11.5 Å². The standard InChI is InChI=1S/C56H46N4O.Pt/c1-55(2,3)40-30-31-57-53(34-40)60-49-25-14-13-24-45(49)46-29-28-44(36-52(46)60)61-43-23-17-22-42(35-43)58-37-59(51-27-16-15-26-50(51)58)54-47(38-18-9-7-10-19-38)32-41(56(4,5)6)33-48(54)39-20-11-8-12-21-39;/h7-34H,1-6H3;/q;+2. The van der Waals surface area contributed by atoms with Gasteiger partial charge in [0.25, 0.3) is 11.4 Å². The van der Waals surface area contributed by atoms with Gasteiger partial charge < -0.3 is 9.30 Å². The average Bonchev–Trinajstić information content (AvgIpc) is 3.82. The SMILES string of the molecule is CC(C)(C)c1ccnc(-n2c3[c-]c(Oc4[c-]c([N+]5=C=[N+](c6c(-c7ccccc7)cc(C(C)(C)C)cc6-c6ccccc6)c6ccccc65)ccc4)ccc3c3ccccc32)c1.[Pt+2]. The maximum absolute atomic E-state index is 6.64. The molecule has 7 aromatic carbocycles. The van der Waals surface area contributed by atoms with Crippen LogP contribution in [0, 0.1) is 12.1 Å². The Kier molecular flexibility index (Phi) is 10.5. The monoisotopic (exact) mass is 985 g/mol. The molecule has 0 spiro atoms. The van der Waals surface area contributed by atoms with Gasteiger partial charge in [0.15, 0.2) is 0 Å². The first kappa shape index (κ1) is 40.7. The Labute approximate surface area is 378 Å². The van der Waals surface area contributed by atoms with E-state index in [4.69, 9.17) is 9.72 Å². The number of aromatic nitrogens is 2. The van der Waals surface area contributed by atoms with E-state index < -0.39 is 0 Å². The molecule has 2 aromatic heterocycles. The summed E-state index contributed by atoms with van der Waals surface area (Å²) in [4.78, 5) is 4.85. The minimum Gasteiger partial charge on any atom is -0.509 e. The van der Waals surface area contributed by atoms with Gasteiger partial charge in [-0.3, -0.25) is 0 Å². The maximum Gasteiger partial charge on any atom is 2.00 e. The third-order valence-corrected chi connectivity index (χ3v) is 11.5. The van der Waals surface area contributed by atoms with Gasteiger partial charge in [-0.2, -0.15) is 12.1 Å². The molecule has 9 aromatic rings. The van der Waals surface area contributed by atoms with Gasteiger partial charge in [0, 0.05) is 35.3 Å². The molecule has 5 nitrogen and oxygen atoms in total. The van der Waals surface area contributed by atoms with Gasteiger partial charge in [-0.25, -0.2) is 4.98 Å². The van der Waals surface area contributed by atoms with Crippen molar-refractivity contribution in [2.75, 3.05) is 0 Å². The number of hydrogen-bond acceptors (Lipinski definition) is 2. The van der Waals surface area contributed by atoms with Crippen molar-refractivity contribution in [3.63, 3.8) is 0 Å². The third kappa shape index (κ3) is 7.43. The van der Waals surface area contributed by atoms with Crippen LogP contribution in [0.15, 0.2) is 170 Å². The van der Waals surface area contributed by atoms with E-state index in [1.165, 1.54) is 11.1 Å². The fourth-order valence-corrected chi connectivity index (χ4v) is 8.31. The Bertz CT molecular complexity index is 3160. The molecule has 1 aliphatic heterocycles. The number of nitrogens with zero attached hydrogens (tertiary/aromatic N) is 4. The topological polar surface area (TPSA) is 33.1 Å². The minimum absolute atomic E-state index is 0. The van der Waals surface area contributed by atoms with E-state index in [1.807, 2.05) is 24.4 Å². The quantitative estimate of drug-likeness (QED) is 0.118. The summed E-state index contributed by atoms with van der Waals surface area (Å²) >= 11 is 0. The summed E-state index contributed by atoms with van der Waals surface area (Å²) in [5.74, 6) is 2.01. The first-order valence-corrected chi connectivity index (χ1v) is 20.9. The van der Waals surface area contributed by atoms with E-state index in [-0.39, 0.29) is 31.9 Å². The average molecular weight is 986 g/mol. The molecule has 0 bridgehead atoms. The van der Waals surface area contributed by atoms with Crippen LogP contribution in [0.2, 0.25) is 0 Å². The van der Waals surface area contributed by atoms with E-state index in [0.717, 1.165) is 72.6 Å². The summed E-state index contributed by atoms with van der Waals surface area (Å²) in [5.41, 5.74) is 12.8. The number of benzene rings is 7. The zero-order valence-corrected chi connectivity index (χ0v) is 38.0. The fraction of sp³-hybridized carbons (Fsp3) is 0.143. The van der Waals surface area contributed by atoms with Gasteiger partial charge in [-0.05, 0) is 73.4 Å². The Morgan fingerprint density at radius 2 is 1.15 bits per heavy atom. The number of hydrogen-bond donors (Lipinski definition) is 0. The fourth-order valence-electron chi connectivity index (χ4n) is 8.31. The second-order valence-electron chi connectivity index (χ2n) is 17.8. The molecule has 1 aliphatic rings. The molecule has 0 unspecified atom stereocenters. The molecule has 0 N–H and O–H groups in total. The smallest absolute Gasteiger partial charge is 0.509 e. The van der Waals surface area contributed by atoms with Gasteiger partial charge in [0.1, 0.15) is 11.5 Å². The van der Waals surface area contributed by atoms with Crippen LogP contribution in [0.1, 0.15) is 52.7 Å². The Hall–Kier alpha value is -6.64. The summed E-state index contributed by atoms with van der Waals surface area (Å²) in [6.07, 6.45) is 1.90. The van der Waals surface area contributed by atoms with Gasteiger partial charge in [-0.1, -0.05) is 155 Å². The molecular formula is C56H46N4OPt+2. The van der Waals surface area contributed by atoms with Crippen molar-refractivity contribution in [3.05, 3.63) is 193 Å². The van der Waals surface area contributed by atoms with Gasteiger partial charge >= 0.3 is 27.1 Å². The Morgan fingerprint density at radius 3 is 1.81 bits per heavy atom. The predicted molar refractivity (Wildman–Crippen MR) is 252 cm³/mol. The Balaban J connectivity index is 0.00000490. The van der Waals surface area contributed by atoms with Crippen molar-refractivity contribution >= 4 is 50.6 Å². The molecule has 10 rings (SSSR count). The number of rotatable bonds is 7. The van der Waals surface area contributed by atoms with Gasteiger partial charge in [-0.15, -0.1) is 23.6 Å². The van der Waals surface area contributed by atoms with Crippen molar-refractivity contribution in [1.82, 2.24) is 18.7 Å². The zero-order chi connectivity index (χ0) is 41.9. The molecule has 3 heterocycles. The van der Waals surface area contributed by atoms with Gasteiger partial charge in [0.2, 0.25) is 5.69 Å². The normalized spacial score (nSPS) is 12.5. The number of ether oxygens (including phenoxy) is 1. The number of pyridine rings is 1. The predicted octanol–water partition coefficient (Wildman–Crippen LogP) is 14.4. The first-order valence-electron chi connectivity index (χ1n) is 20.9. The molecule has 6 heteroatoms. The van der Waals surface area contributed by atoms with Gasteiger partial charge in [0.05, 0.1) is 11.1 Å². The number of para-hydroxylation sites is 3. The van der Waals surface area contributed by atoms with Crippen LogP contribution in [-0.4, -0.2) is 15.6 Å². The summed E-state index contributed by atoms with van der Waals surface area (Å²) in [6.45, 7) is 13.5. The molecule has 0 amide bonds. The van der Waals surface area contributed by atoms with Crippen molar-refractivity contribution in [1.29, 1.82) is 0 Å². The van der Waals surface area contributed by atoms with E-state index in [1.54, 1.807) is 0 Å². The van der Waals surface area contributed by atoms with Crippen LogP contribution in [0.3, 0.4) is 0 Å². The van der Waals surface area contributed by atoms with Crippen molar-refractivity contribution in [3.8, 4) is 39.6 Å². The summed E-state index contributed by atoms with van der Waals surface area (Å²) in [6, 6.07) is 68.4. The van der Waals surface area contributed by atoms with E-state index in [0.29, 0.717) is 11.5 Å². The van der Waals surface area contributed by atoms with Crippen molar-refractivity contribution < 1.29 is 25.8 Å². The molecule has 304 valence electrons. The summed E-state index contributed by atoms with van der Waals surface area (Å²) in [5, 5.41) is 2.22. The molecule has 0 saturated carbocycles. The molecule has 0 saturated heterocycles. The zero-order valence-electron chi connectivity index (χ0n) is 35.7. The molecule has 0 radical (unpaired) electrons. The van der Waals surface area contributed by atoms with E-state index in [2.05, 4.69) is 219 Å². The van der Waals surface area contributed by atoms with Crippen LogP contribution < -0.4 is 13.9 Å². The van der Waals surface area contributed by atoms with Crippen molar-refractivity contribution in [2.24, 2.45) is 0 Å². The van der Waals surface area contributed by atoms with Crippen LogP contribution in [-0.2, 0) is 31.9 Å². The van der Waals surface area contributed by atoms with Crippen LogP contribution in [0.4, 0.5) is 22.7 Å². The van der Waals surface area contributed by atoms with Crippen LogP contribution >= 0.6 is 0 Å². The molecule has 62 heavy (non-hydrogen) atoms. The molecule has 0 atom stereocenters. The molecular weight excluding hydrogens is 940 g/mol. The minimum atomic E-state index is -0.0733. The second-order valence-corrected chi connectivity index (χ2v) is 17.8. The third-order valence-electron chi connectivity index (χ3n) is 11.5. The first-order chi connectivity index (χ1) is 29.5. The van der Waals surface area contributed by atoms with Crippen LogP contribution in [0.25, 0.3) is 49.9 Å². The summed E-state index contributed by atoms with van der Waals surface area (Å²) in [7, 11) is 0. The maximum atomic E-state index is 6.64. The number of fused-ring (bicyclic) bond motifs is 4. The molecule has 0 aliphatic carbocycles. The second kappa shape index (κ2) is 16.0. The Morgan fingerprint density at radius 1 is 0.548 bits per heavy atom. The van der Waals surface area contributed by atoms with E-state index in [9.17, 15) is 0 Å². The van der Waals surface area contributed by atoms with E-state index >= 15 is 0 Å². The van der Waals surface area contributed by atoms with Crippen molar-refractivity contribution in [2.45, 2.75) is 52.4 Å². The molecule has 0 fully saturated rings.